The lowest BCUT2D eigenvalue weighted by molar-refractivity contribution is -0.144. The van der Waals surface area contributed by atoms with Crippen LogP contribution in [0.3, 0.4) is 0 Å². The standard InChI is InChI=1S/C15H19NO4/c1-10-7-8-16(12(9-10)15(18)19)14(17)11-5-3-4-6-13(11)20-2/h3-6,10,12H,7-9H2,1-2H3,(H,18,19). The van der Waals surface area contributed by atoms with Crippen LogP contribution in [0.1, 0.15) is 30.1 Å². The Morgan fingerprint density at radius 3 is 2.70 bits per heavy atom. The molecular weight excluding hydrogens is 258 g/mol. The van der Waals surface area contributed by atoms with Crippen LogP contribution >= 0.6 is 0 Å². The van der Waals surface area contributed by atoms with Gasteiger partial charge in [-0.3, -0.25) is 4.79 Å². The Hall–Kier alpha value is -2.04. The number of carboxylic acid groups (broad SMARTS) is 1. The quantitative estimate of drug-likeness (QED) is 0.918. The minimum atomic E-state index is -0.945. The molecule has 0 bridgehead atoms. The Morgan fingerprint density at radius 2 is 2.05 bits per heavy atom. The largest absolute Gasteiger partial charge is 0.496 e. The molecule has 1 amide bonds. The van der Waals surface area contributed by atoms with Gasteiger partial charge in [-0.2, -0.15) is 0 Å². The maximum Gasteiger partial charge on any atom is 0.326 e. The molecule has 2 rings (SSSR count). The van der Waals surface area contributed by atoms with Crippen molar-refractivity contribution >= 4 is 11.9 Å². The zero-order valence-electron chi connectivity index (χ0n) is 11.7. The van der Waals surface area contributed by atoms with Gasteiger partial charge in [0.1, 0.15) is 11.8 Å². The Labute approximate surface area is 118 Å². The Bertz CT molecular complexity index is 514. The molecule has 20 heavy (non-hydrogen) atoms. The van der Waals surface area contributed by atoms with Crippen molar-refractivity contribution in [2.45, 2.75) is 25.8 Å². The molecule has 1 aliphatic rings. The Balaban J connectivity index is 2.29. The molecule has 1 aromatic rings. The van der Waals surface area contributed by atoms with Crippen molar-refractivity contribution in [3.63, 3.8) is 0 Å². The summed E-state index contributed by atoms with van der Waals surface area (Å²) in [5, 5.41) is 9.32. The van der Waals surface area contributed by atoms with E-state index in [1.54, 1.807) is 24.3 Å². The molecule has 0 aromatic heterocycles. The van der Waals surface area contributed by atoms with Gasteiger partial charge in [0.25, 0.3) is 5.91 Å². The number of hydrogen-bond donors (Lipinski definition) is 1. The van der Waals surface area contributed by atoms with E-state index in [4.69, 9.17) is 4.74 Å². The minimum absolute atomic E-state index is 0.276. The fraction of sp³-hybridized carbons (Fsp3) is 0.467. The molecule has 0 radical (unpaired) electrons. The predicted octanol–water partition coefficient (Wildman–Crippen LogP) is 2.02. The first-order valence-electron chi connectivity index (χ1n) is 6.71. The average molecular weight is 277 g/mol. The highest BCUT2D eigenvalue weighted by molar-refractivity contribution is 5.99. The number of piperidine rings is 1. The van der Waals surface area contributed by atoms with E-state index >= 15 is 0 Å². The van der Waals surface area contributed by atoms with E-state index in [2.05, 4.69) is 0 Å². The Kier molecular flexibility index (Phi) is 4.27. The zero-order valence-corrected chi connectivity index (χ0v) is 11.7. The molecule has 2 atom stereocenters. The molecule has 1 heterocycles. The van der Waals surface area contributed by atoms with Crippen LogP contribution in [0.2, 0.25) is 0 Å². The summed E-state index contributed by atoms with van der Waals surface area (Å²) >= 11 is 0. The summed E-state index contributed by atoms with van der Waals surface area (Å²) in [4.78, 5) is 25.4. The van der Waals surface area contributed by atoms with Gasteiger partial charge in [0.2, 0.25) is 0 Å². The second-order valence-electron chi connectivity index (χ2n) is 5.18. The van der Waals surface area contributed by atoms with E-state index < -0.39 is 12.0 Å². The lowest BCUT2D eigenvalue weighted by atomic mass is 9.92. The molecule has 1 fully saturated rings. The topological polar surface area (TPSA) is 66.8 Å². The second-order valence-corrected chi connectivity index (χ2v) is 5.18. The van der Waals surface area contributed by atoms with E-state index in [1.165, 1.54) is 12.0 Å². The summed E-state index contributed by atoms with van der Waals surface area (Å²) in [5.41, 5.74) is 0.413. The number of carbonyl (C=O) groups excluding carboxylic acids is 1. The van der Waals surface area contributed by atoms with Crippen LogP contribution in [0.25, 0.3) is 0 Å². The molecule has 1 aromatic carbocycles. The maximum atomic E-state index is 12.6. The van der Waals surface area contributed by atoms with E-state index in [0.717, 1.165) is 6.42 Å². The molecule has 5 heteroatoms. The van der Waals surface area contributed by atoms with E-state index in [1.807, 2.05) is 6.92 Å². The molecule has 1 aliphatic heterocycles. The van der Waals surface area contributed by atoms with Gasteiger partial charge in [-0.15, -0.1) is 0 Å². The van der Waals surface area contributed by atoms with Gasteiger partial charge in [-0.1, -0.05) is 19.1 Å². The first kappa shape index (κ1) is 14.4. The molecule has 108 valence electrons. The average Bonchev–Trinajstić information content (AvgIpc) is 2.46. The number of ether oxygens (including phenoxy) is 1. The van der Waals surface area contributed by atoms with Crippen LogP contribution in [0.15, 0.2) is 24.3 Å². The van der Waals surface area contributed by atoms with Crippen LogP contribution < -0.4 is 4.74 Å². The molecule has 0 saturated carbocycles. The normalized spacial score (nSPS) is 22.4. The molecule has 1 N–H and O–H groups in total. The van der Waals surface area contributed by atoms with Crippen LogP contribution in [-0.2, 0) is 4.79 Å². The van der Waals surface area contributed by atoms with Crippen molar-refractivity contribution in [3.8, 4) is 5.75 Å². The van der Waals surface area contributed by atoms with Crippen molar-refractivity contribution in [2.75, 3.05) is 13.7 Å². The minimum Gasteiger partial charge on any atom is -0.496 e. The molecule has 2 unspecified atom stereocenters. The highest BCUT2D eigenvalue weighted by Crippen LogP contribution is 2.27. The number of nitrogens with zero attached hydrogens (tertiary/aromatic N) is 1. The molecule has 0 aliphatic carbocycles. The summed E-state index contributed by atoms with van der Waals surface area (Å²) in [6, 6.07) is 6.14. The SMILES string of the molecule is COc1ccccc1C(=O)N1CCC(C)CC1C(=O)O. The number of amides is 1. The number of likely N-dealkylation sites (tertiary alicyclic amines) is 1. The first-order valence-corrected chi connectivity index (χ1v) is 6.71. The maximum absolute atomic E-state index is 12.6. The lowest BCUT2D eigenvalue weighted by Gasteiger charge is -2.36. The van der Waals surface area contributed by atoms with E-state index in [0.29, 0.717) is 30.2 Å². The van der Waals surface area contributed by atoms with Crippen molar-refractivity contribution < 1.29 is 19.4 Å². The van der Waals surface area contributed by atoms with Gasteiger partial charge >= 0.3 is 5.97 Å². The van der Waals surface area contributed by atoms with Gasteiger partial charge in [-0.05, 0) is 30.9 Å². The number of carboxylic acids is 1. The van der Waals surface area contributed by atoms with E-state index in [9.17, 15) is 14.7 Å². The second kappa shape index (κ2) is 5.94. The molecule has 1 saturated heterocycles. The van der Waals surface area contributed by atoms with Gasteiger partial charge < -0.3 is 14.7 Å². The fourth-order valence-electron chi connectivity index (χ4n) is 2.59. The summed E-state index contributed by atoms with van der Waals surface area (Å²) in [6.45, 7) is 2.48. The number of methoxy groups -OCH3 is 1. The highest BCUT2D eigenvalue weighted by Gasteiger charge is 2.35. The molecule has 5 nitrogen and oxygen atoms in total. The number of hydrogen-bond acceptors (Lipinski definition) is 3. The third kappa shape index (κ3) is 2.76. The van der Waals surface area contributed by atoms with Crippen molar-refractivity contribution in [1.29, 1.82) is 0 Å². The number of carbonyl (C=O) groups is 2. The molecular formula is C15H19NO4. The van der Waals surface area contributed by atoms with Crippen molar-refractivity contribution in [2.24, 2.45) is 5.92 Å². The number of rotatable bonds is 3. The first-order chi connectivity index (χ1) is 9.54. The highest BCUT2D eigenvalue weighted by atomic mass is 16.5. The predicted molar refractivity (Wildman–Crippen MR) is 73.9 cm³/mol. The molecule has 0 spiro atoms. The fourth-order valence-corrected chi connectivity index (χ4v) is 2.59. The number of benzene rings is 1. The number of para-hydroxylation sites is 1. The number of aliphatic carboxylic acids is 1. The van der Waals surface area contributed by atoms with E-state index in [-0.39, 0.29) is 5.91 Å². The van der Waals surface area contributed by atoms with Gasteiger partial charge in [0.15, 0.2) is 0 Å². The summed E-state index contributed by atoms with van der Waals surface area (Å²) in [6.07, 6.45) is 1.32. The van der Waals surface area contributed by atoms with Crippen molar-refractivity contribution in [3.05, 3.63) is 29.8 Å². The van der Waals surface area contributed by atoms with Gasteiger partial charge in [-0.25, -0.2) is 4.79 Å². The van der Waals surface area contributed by atoms with Gasteiger partial charge in [0.05, 0.1) is 12.7 Å². The smallest absolute Gasteiger partial charge is 0.326 e. The van der Waals surface area contributed by atoms with Crippen LogP contribution in [0.5, 0.6) is 5.75 Å². The van der Waals surface area contributed by atoms with Crippen LogP contribution in [0.4, 0.5) is 0 Å². The Morgan fingerprint density at radius 1 is 1.35 bits per heavy atom. The van der Waals surface area contributed by atoms with Gasteiger partial charge in [0, 0.05) is 6.54 Å². The van der Waals surface area contributed by atoms with Crippen molar-refractivity contribution in [1.82, 2.24) is 4.90 Å². The zero-order chi connectivity index (χ0) is 14.7. The monoisotopic (exact) mass is 277 g/mol. The summed E-state index contributed by atoms with van der Waals surface area (Å²) in [7, 11) is 1.50. The van der Waals surface area contributed by atoms with Crippen LogP contribution in [0, 0.1) is 5.92 Å². The van der Waals surface area contributed by atoms with Crippen LogP contribution in [-0.4, -0.2) is 41.6 Å². The summed E-state index contributed by atoms with van der Waals surface area (Å²) < 4.78 is 5.18. The lowest BCUT2D eigenvalue weighted by Crippen LogP contribution is -2.49. The summed E-state index contributed by atoms with van der Waals surface area (Å²) in [5.74, 6) is -0.431. The third-order valence-corrected chi connectivity index (χ3v) is 3.75. The third-order valence-electron chi connectivity index (χ3n) is 3.75.